The van der Waals surface area contributed by atoms with Gasteiger partial charge in [0.15, 0.2) is 16.6 Å². The molecule has 3 aromatic rings. The van der Waals surface area contributed by atoms with Gasteiger partial charge in [0.2, 0.25) is 0 Å². The summed E-state index contributed by atoms with van der Waals surface area (Å²) >= 11 is 1.39. The zero-order chi connectivity index (χ0) is 17.6. The Morgan fingerprint density at radius 3 is 2.84 bits per heavy atom. The number of rotatable bonds is 5. The second kappa shape index (κ2) is 5.99. The van der Waals surface area contributed by atoms with Crippen LogP contribution in [-0.2, 0) is 6.54 Å². The summed E-state index contributed by atoms with van der Waals surface area (Å²) in [6.07, 6.45) is 6.93. The number of nitrogens with zero attached hydrogens (tertiary/aromatic N) is 6. The first kappa shape index (κ1) is 15.8. The lowest BCUT2D eigenvalue weighted by Gasteiger charge is -2.11. The molecule has 0 radical (unpaired) electrons. The summed E-state index contributed by atoms with van der Waals surface area (Å²) in [6.45, 7) is 4.02. The minimum Gasteiger partial charge on any atom is -0.268 e. The highest BCUT2D eigenvalue weighted by Gasteiger charge is 2.26. The molecular weight excluding hydrogens is 340 g/mol. The van der Waals surface area contributed by atoms with Crippen molar-refractivity contribution in [2.24, 2.45) is 0 Å². The Hall–Kier alpha value is -2.68. The molecule has 0 aliphatic heterocycles. The van der Waals surface area contributed by atoms with E-state index in [0.717, 1.165) is 12.8 Å². The average Bonchev–Trinajstić information content (AvgIpc) is 3.43. The number of thioether (sulfide) groups is 1. The maximum Gasteiger partial charge on any atom is 0.278 e. The molecule has 0 aromatic carbocycles. The first-order valence-corrected chi connectivity index (χ1v) is 9.10. The molecule has 0 bridgehead atoms. The highest BCUT2D eigenvalue weighted by Crippen LogP contribution is 2.32. The van der Waals surface area contributed by atoms with E-state index in [1.54, 1.807) is 16.8 Å². The Balaban J connectivity index is 2.03. The van der Waals surface area contributed by atoms with Gasteiger partial charge in [-0.15, -0.1) is 11.7 Å². The smallest absolute Gasteiger partial charge is 0.268 e. The Morgan fingerprint density at radius 1 is 1.36 bits per heavy atom. The van der Waals surface area contributed by atoms with Crippen LogP contribution in [0, 0.1) is 0 Å². The van der Waals surface area contributed by atoms with Crippen LogP contribution in [0.5, 0.6) is 0 Å². The summed E-state index contributed by atoms with van der Waals surface area (Å²) in [4.78, 5) is 33.4. The molecule has 0 atom stereocenters. The zero-order valence-electron chi connectivity index (χ0n) is 13.6. The van der Waals surface area contributed by atoms with Crippen LogP contribution >= 0.6 is 11.8 Å². The second-order valence-corrected chi connectivity index (χ2v) is 6.56. The molecule has 0 saturated heterocycles. The maximum atomic E-state index is 12.7. The van der Waals surface area contributed by atoms with E-state index in [0.29, 0.717) is 28.6 Å². The van der Waals surface area contributed by atoms with Crippen LogP contribution in [0.1, 0.15) is 18.9 Å². The topological polar surface area (TPSA) is 87.6 Å². The van der Waals surface area contributed by atoms with E-state index in [-0.39, 0.29) is 17.2 Å². The molecule has 128 valence electrons. The van der Waals surface area contributed by atoms with E-state index >= 15 is 0 Å². The van der Waals surface area contributed by atoms with Gasteiger partial charge in [-0.2, -0.15) is 0 Å². The van der Waals surface area contributed by atoms with Crippen molar-refractivity contribution in [2.45, 2.75) is 30.6 Å². The monoisotopic (exact) mass is 356 g/mol. The number of hydrogen-bond donors (Lipinski definition) is 0. The maximum absolute atomic E-state index is 12.7. The molecule has 8 nitrogen and oxygen atoms in total. The molecule has 0 spiro atoms. The number of allylic oxidation sites excluding steroid dienone is 1. The van der Waals surface area contributed by atoms with Gasteiger partial charge in [-0.25, -0.2) is 24.0 Å². The molecule has 25 heavy (non-hydrogen) atoms. The van der Waals surface area contributed by atoms with Crippen molar-refractivity contribution in [3.05, 3.63) is 51.7 Å². The third kappa shape index (κ3) is 2.60. The SMILES string of the molecule is C=CCn1c(=O)c2cnc(SC)nc2n1-c1ccc(=O)n(C2CC2)n1. The van der Waals surface area contributed by atoms with Crippen molar-refractivity contribution >= 4 is 22.8 Å². The molecule has 0 unspecified atom stereocenters. The van der Waals surface area contributed by atoms with Gasteiger partial charge in [0.1, 0.15) is 5.39 Å². The van der Waals surface area contributed by atoms with E-state index in [1.165, 1.54) is 33.4 Å². The quantitative estimate of drug-likeness (QED) is 0.390. The van der Waals surface area contributed by atoms with Crippen molar-refractivity contribution < 1.29 is 0 Å². The lowest BCUT2D eigenvalue weighted by Crippen LogP contribution is -2.26. The summed E-state index contributed by atoms with van der Waals surface area (Å²) in [5.74, 6) is 0.478. The van der Waals surface area contributed by atoms with Crippen LogP contribution in [0.25, 0.3) is 16.9 Å². The standard InChI is InChI=1S/C16H16N6O2S/c1-3-8-20-15(24)11-9-17-16(25-2)18-14(11)22(20)12-6-7-13(23)21(19-12)10-4-5-10/h3,6-7,9-10H,1,4-5,8H2,2H3. The summed E-state index contributed by atoms with van der Waals surface area (Å²) < 4.78 is 4.63. The van der Waals surface area contributed by atoms with E-state index in [2.05, 4.69) is 21.6 Å². The van der Waals surface area contributed by atoms with Gasteiger partial charge >= 0.3 is 0 Å². The fourth-order valence-corrected chi connectivity index (χ4v) is 3.08. The Bertz CT molecular complexity index is 1090. The van der Waals surface area contributed by atoms with Crippen molar-refractivity contribution in [3.63, 3.8) is 0 Å². The lowest BCUT2D eigenvalue weighted by molar-refractivity contribution is 0.547. The summed E-state index contributed by atoms with van der Waals surface area (Å²) in [6, 6.07) is 3.23. The molecule has 0 N–H and O–H groups in total. The minimum atomic E-state index is -0.214. The van der Waals surface area contributed by atoms with Crippen molar-refractivity contribution in [1.29, 1.82) is 0 Å². The number of hydrogen-bond acceptors (Lipinski definition) is 6. The molecule has 1 saturated carbocycles. The van der Waals surface area contributed by atoms with Crippen LogP contribution in [0.2, 0.25) is 0 Å². The van der Waals surface area contributed by atoms with Crippen LogP contribution in [-0.4, -0.2) is 35.4 Å². The number of aromatic nitrogens is 6. The predicted molar refractivity (Wildman–Crippen MR) is 95.4 cm³/mol. The van der Waals surface area contributed by atoms with E-state index < -0.39 is 0 Å². The molecule has 3 aromatic heterocycles. The largest absolute Gasteiger partial charge is 0.278 e. The average molecular weight is 356 g/mol. The van der Waals surface area contributed by atoms with Gasteiger partial charge in [-0.05, 0) is 25.2 Å². The highest BCUT2D eigenvalue weighted by atomic mass is 32.2. The third-order valence-electron chi connectivity index (χ3n) is 4.06. The van der Waals surface area contributed by atoms with Crippen LogP contribution in [0.15, 0.2) is 45.7 Å². The van der Waals surface area contributed by atoms with Gasteiger partial charge in [0.25, 0.3) is 11.1 Å². The molecule has 3 heterocycles. The minimum absolute atomic E-state index is 0.139. The summed E-state index contributed by atoms with van der Waals surface area (Å²) in [5.41, 5.74) is 0.118. The fourth-order valence-electron chi connectivity index (χ4n) is 2.74. The Labute approximate surface area is 146 Å². The van der Waals surface area contributed by atoms with Gasteiger partial charge < -0.3 is 0 Å². The Kier molecular flexibility index (Phi) is 3.79. The van der Waals surface area contributed by atoms with Gasteiger partial charge in [0.05, 0.1) is 12.6 Å². The lowest BCUT2D eigenvalue weighted by atomic mass is 10.4. The third-order valence-corrected chi connectivity index (χ3v) is 4.62. The van der Waals surface area contributed by atoms with E-state index in [1.807, 2.05) is 6.26 Å². The molecule has 1 fully saturated rings. The molecule has 9 heteroatoms. The van der Waals surface area contributed by atoms with E-state index in [4.69, 9.17) is 0 Å². The number of fused-ring (bicyclic) bond motifs is 1. The zero-order valence-corrected chi connectivity index (χ0v) is 14.4. The van der Waals surface area contributed by atoms with Crippen molar-refractivity contribution in [1.82, 2.24) is 29.1 Å². The predicted octanol–water partition coefficient (Wildman–Crippen LogP) is 1.38. The van der Waals surface area contributed by atoms with Crippen molar-refractivity contribution in [2.75, 3.05) is 6.26 Å². The molecule has 4 rings (SSSR count). The van der Waals surface area contributed by atoms with Crippen molar-refractivity contribution in [3.8, 4) is 5.82 Å². The normalized spacial score (nSPS) is 14.1. The van der Waals surface area contributed by atoms with E-state index in [9.17, 15) is 9.59 Å². The Morgan fingerprint density at radius 2 is 2.16 bits per heavy atom. The van der Waals surface area contributed by atoms with Gasteiger partial charge in [-0.1, -0.05) is 17.8 Å². The first-order chi connectivity index (χ1) is 12.1. The second-order valence-electron chi connectivity index (χ2n) is 5.79. The van der Waals surface area contributed by atoms with Crippen LogP contribution < -0.4 is 11.1 Å². The summed E-state index contributed by atoms with van der Waals surface area (Å²) in [5, 5.41) is 5.44. The van der Waals surface area contributed by atoms with Crippen LogP contribution in [0.3, 0.4) is 0 Å². The molecule has 0 amide bonds. The molecule has 1 aliphatic carbocycles. The molecule has 1 aliphatic rings. The van der Waals surface area contributed by atoms with Crippen LogP contribution in [0.4, 0.5) is 0 Å². The summed E-state index contributed by atoms with van der Waals surface area (Å²) in [7, 11) is 0. The highest BCUT2D eigenvalue weighted by molar-refractivity contribution is 7.98. The van der Waals surface area contributed by atoms with Gasteiger partial charge in [-0.3, -0.25) is 9.59 Å². The fraction of sp³-hybridized carbons (Fsp3) is 0.312. The first-order valence-electron chi connectivity index (χ1n) is 7.87. The van der Waals surface area contributed by atoms with Gasteiger partial charge in [0, 0.05) is 12.3 Å². The molecular formula is C16H16N6O2S.